The Morgan fingerprint density at radius 3 is 2.75 bits per heavy atom. The summed E-state index contributed by atoms with van der Waals surface area (Å²) in [4.78, 5) is 16.5. The summed E-state index contributed by atoms with van der Waals surface area (Å²) in [6, 6.07) is 0.310. The summed E-state index contributed by atoms with van der Waals surface area (Å²) in [5, 5.41) is 2.99. The smallest absolute Gasteiger partial charge is 0.234 e. The van der Waals surface area contributed by atoms with Gasteiger partial charge in [0.05, 0.1) is 19.3 Å². The quantitative estimate of drug-likeness (QED) is 0.695. The summed E-state index contributed by atoms with van der Waals surface area (Å²) in [7, 11) is 0. The molecular formula is C14H28N4O2. The molecule has 1 atom stereocenters. The number of amides is 1. The maximum Gasteiger partial charge on any atom is 0.234 e. The third-order valence-corrected chi connectivity index (χ3v) is 4.20. The van der Waals surface area contributed by atoms with E-state index in [1.807, 2.05) is 0 Å². The highest BCUT2D eigenvalue weighted by molar-refractivity contribution is 5.78. The lowest BCUT2D eigenvalue weighted by Gasteiger charge is -2.32. The van der Waals surface area contributed by atoms with Crippen molar-refractivity contribution in [3.05, 3.63) is 0 Å². The highest BCUT2D eigenvalue weighted by atomic mass is 16.5. The minimum Gasteiger partial charge on any atom is -0.374 e. The van der Waals surface area contributed by atoms with Crippen LogP contribution in [0.15, 0.2) is 0 Å². The molecule has 0 aromatic carbocycles. The summed E-state index contributed by atoms with van der Waals surface area (Å²) in [5.74, 6) is 0.0951. The van der Waals surface area contributed by atoms with Crippen molar-refractivity contribution in [2.75, 3.05) is 52.4 Å². The first-order valence-electron chi connectivity index (χ1n) is 7.76. The van der Waals surface area contributed by atoms with E-state index in [2.05, 4.69) is 22.0 Å². The topological polar surface area (TPSA) is 70.8 Å². The van der Waals surface area contributed by atoms with E-state index >= 15 is 0 Å². The Bertz CT molecular complexity index is 306. The van der Waals surface area contributed by atoms with Crippen molar-refractivity contribution >= 4 is 5.91 Å². The van der Waals surface area contributed by atoms with Gasteiger partial charge < -0.3 is 15.8 Å². The van der Waals surface area contributed by atoms with Gasteiger partial charge in [0.15, 0.2) is 0 Å². The van der Waals surface area contributed by atoms with Gasteiger partial charge in [-0.2, -0.15) is 0 Å². The van der Waals surface area contributed by atoms with Crippen molar-refractivity contribution in [3.63, 3.8) is 0 Å². The molecule has 0 bridgehead atoms. The van der Waals surface area contributed by atoms with Gasteiger partial charge in [0.25, 0.3) is 0 Å². The van der Waals surface area contributed by atoms with Crippen molar-refractivity contribution in [2.24, 2.45) is 5.73 Å². The summed E-state index contributed by atoms with van der Waals surface area (Å²) in [5.41, 5.74) is 5.86. The Labute approximate surface area is 121 Å². The van der Waals surface area contributed by atoms with Crippen LogP contribution >= 0.6 is 0 Å². The molecule has 2 fully saturated rings. The minimum atomic E-state index is 0.0951. The average Bonchev–Trinajstić information content (AvgIpc) is 2.48. The van der Waals surface area contributed by atoms with E-state index in [4.69, 9.17) is 10.5 Å². The molecule has 2 saturated heterocycles. The number of likely N-dealkylation sites (N-methyl/N-ethyl adjacent to an activating group) is 1. The van der Waals surface area contributed by atoms with Crippen LogP contribution in [0.1, 0.15) is 19.8 Å². The number of hydrogen-bond acceptors (Lipinski definition) is 5. The SMILES string of the molecule is CCN1CCOC(CNC(=O)CN2CCC(N)CC2)C1. The predicted molar refractivity (Wildman–Crippen MR) is 78.5 cm³/mol. The molecule has 2 aliphatic rings. The number of carbonyl (C=O) groups excluding carboxylic acids is 1. The van der Waals surface area contributed by atoms with Crippen LogP contribution in [-0.2, 0) is 9.53 Å². The molecule has 6 nitrogen and oxygen atoms in total. The highest BCUT2D eigenvalue weighted by Gasteiger charge is 2.21. The fourth-order valence-electron chi connectivity index (χ4n) is 2.79. The number of hydrogen-bond donors (Lipinski definition) is 2. The number of nitrogens with two attached hydrogens (primary N) is 1. The van der Waals surface area contributed by atoms with Crippen molar-refractivity contribution in [1.82, 2.24) is 15.1 Å². The standard InChI is InChI=1S/C14H28N4O2/c1-2-17-7-8-20-13(10-17)9-16-14(19)11-18-5-3-12(15)4-6-18/h12-13H,2-11,15H2,1H3,(H,16,19). The zero-order valence-corrected chi connectivity index (χ0v) is 12.5. The lowest BCUT2D eigenvalue weighted by molar-refractivity contribution is -0.123. The Morgan fingerprint density at radius 2 is 2.05 bits per heavy atom. The summed E-state index contributed by atoms with van der Waals surface area (Å²) in [6.07, 6.45) is 2.11. The number of carbonyl (C=O) groups is 1. The number of nitrogens with zero attached hydrogens (tertiary/aromatic N) is 2. The van der Waals surface area contributed by atoms with Gasteiger partial charge in [-0.05, 0) is 19.4 Å². The number of morpholine rings is 1. The molecule has 0 spiro atoms. The highest BCUT2D eigenvalue weighted by Crippen LogP contribution is 2.07. The van der Waals surface area contributed by atoms with Crippen LogP contribution in [-0.4, -0.2) is 80.3 Å². The normalized spacial score (nSPS) is 26.6. The summed E-state index contributed by atoms with van der Waals surface area (Å²) >= 11 is 0. The minimum absolute atomic E-state index is 0.0951. The number of ether oxygens (including phenoxy) is 1. The molecular weight excluding hydrogens is 256 g/mol. The number of likely N-dealkylation sites (tertiary alicyclic amines) is 1. The van der Waals surface area contributed by atoms with E-state index in [0.717, 1.165) is 52.2 Å². The first kappa shape index (κ1) is 15.7. The van der Waals surface area contributed by atoms with Gasteiger partial charge in [-0.1, -0.05) is 6.92 Å². The molecule has 6 heteroatoms. The fourth-order valence-corrected chi connectivity index (χ4v) is 2.79. The van der Waals surface area contributed by atoms with Crippen LogP contribution in [0, 0.1) is 0 Å². The first-order valence-corrected chi connectivity index (χ1v) is 7.76. The Balaban J connectivity index is 1.62. The molecule has 3 N–H and O–H groups in total. The first-order chi connectivity index (χ1) is 9.67. The average molecular weight is 284 g/mol. The second-order valence-corrected chi connectivity index (χ2v) is 5.80. The number of nitrogens with one attached hydrogen (secondary N) is 1. The van der Waals surface area contributed by atoms with Crippen molar-refractivity contribution in [3.8, 4) is 0 Å². The summed E-state index contributed by atoms with van der Waals surface area (Å²) in [6.45, 7) is 8.82. The lowest BCUT2D eigenvalue weighted by atomic mass is 10.1. The van der Waals surface area contributed by atoms with Crippen LogP contribution in [0.2, 0.25) is 0 Å². The van der Waals surface area contributed by atoms with Crippen LogP contribution in [0.5, 0.6) is 0 Å². The van der Waals surface area contributed by atoms with E-state index in [1.165, 1.54) is 0 Å². The molecule has 0 aliphatic carbocycles. The molecule has 1 unspecified atom stereocenters. The lowest BCUT2D eigenvalue weighted by Crippen LogP contribution is -2.49. The van der Waals surface area contributed by atoms with Gasteiger partial charge in [-0.15, -0.1) is 0 Å². The van der Waals surface area contributed by atoms with E-state index in [9.17, 15) is 4.79 Å². The Morgan fingerprint density at radius 1 is 1.30 bits per heavy atom. The van der Waals surface area contributed by atoms with E-state index in [-0.39, 0.29) is 12.0 Å². The van der Waals surface area contributed by atoms with Crippen molar-refractivity contribution in [1.29, 1.82) is 0 Å². The second kappa shape index (κ2) is 7.93. The maximum atomic E-state index is 11.9. The molecule has 0 saturated carbocycles. The summed E-state index contributed by atoms with van der Waals surface area (Å²) < 4.78 is 5.68. The monoisotopic (exact) mass is 284 g/mol. The Kier molecular flexibility index (Phi) is 6.22. The van der Waals surface area contributed by atoms with Crippen molar-refractivity contribution in [2.45, 2.75) is 31.9 Å². The third-order valence-electron chi connectivity index (χ3n) is 4.20. The maximum absolute atomic E-state index is 11.9. The van der Waals surface area contributed by atoms with Gasteiger partial charge in [-0.25, -0.2) is 0 Å². The van der Waals surface area contributed by atoms with Gasteiger partial charge in [0, 0.05) is 38.8 Å². The van der Waals surface area contributed by atoms with E-state index in [1.54, 1.807) is 0 Å². The fraction of sp³-hybridized carbons (Fsp3) is 0.929. The van der Waals surface area contributed by atoms with E-state index in [0.29, 0.717) is 19.1 Å². The van der Waals surface area contributed by atoms with Gasteiger partial charge >= 0.3 is 0 Å². The molecule has 20 heavy (non-hydrogen) atoms. The van der Waals surface area contributed by atoms with Crippen molar-refractivity contribution < 1.29 is 9.53 Å². The Hall–Kier alpha value is -0.690. The molecule has 2 aliphatic heterocycles. The molecule has 2 heterocycles. The molecule has 116 valence electrons. The number of piperidine rings is 1. The molecule has 0 aromatic rings. The van der Waals surface area contributed by atoms with Crippen LogP contribution in [0.3, 0.4) is 0 Å². The van der Waals surface area contributed by atoms with Gasteiger partial charge in [-0.3, -0.25) is 14.6 Å². The third kappa shape index (κ3) is 5.01. The van der Waals surface area contributed by atoms with Crippen LogP contribution in [0.25, 0.3) is 0 Å². The van der Waals surface area contributed by atoms with Gasteiger partial charge in [0.2, 0.25) is 5.91 Å². The molecule has 2 rings (SSSR count). The number of rotatable bonds is 5. The largest absolute Gasteiger partial charge is 0.374 e. The molecule has 0 aromatic heterocycles. The van der Waals surface area contributed by atoms with Crippen LogP contribution < -0.4 is 11.1 Å². The second-order valence-electron chi connectivity index (χ2n) is 5.80. The predicted octanol–water partition coefficient (Wildman–Crippen LogP) is -0.754. The zero-order valence-electron chi connectivity index (χ0n) is 12.5. The zero-order chi connectivity index (χ0) is 14.4. The van der Waals surface area contributed by atoms with E-state index < -0.39 is 0 Å². The molecule has 1 amide bonds. The van der Waals surface area contributed by atoms with Crippen LogP contribution in [0.4, 0.5) is 0 Å². The van der Waals surface area contributed by atoms with Gasteiger partial charge in [0.1, 0.15) is 0 Å². The molecule has 0 radical (unpaired) electrons.